The molecule has 3 aromatic rings. The molecule has 0 N–H and O–H groups in total. The number of nitrogens with zero attached hydrogens (tertiary/aromatic N) is 3. The van der Waals surface area contributed by atoms with E-state index in [0.717, 1.165) is 17.2 Å². The predicted octanol–water partition coefficient (Wildman–Crippen LogP) is 4.17. The summed E-state index contributed by atoms with van der Waals surface area (Å²) in [6.45, 7) is 2.51. The molecule has 1 aromatic heterocycles. The Morgan fingerprint density at radius 3 is 2.32 bits per heavy atom. The van der Waals surface area contributed by atoms with Gasteiger partial charge in [-0.05, 0) is 30.3 Å². The van der Waals surface area contributed by atoms with E-state index in [1.165, 1.54) is 12.1 Å². The molecule has 0 atom stereocenters. The zero-order chi connectivity index (χ0) is 17.4. The molecule has 1 saturated heterocycles. The van der Waals surface area contributed by atoms with Crippen LogP contribution in [0.1, 0.15) is 5.56 Å². The molecule has 1 aliphatic rings. The van der Waals surface area contributed by atoms with Gasteiger partial charge in [0.15, 0.2) is 5.58 Å². The fourth-order valence-corrected chi connectivity index (χ4v) is 3.03. The van der Waals surface area contributed by atoms with Crippen LogP contribution in [0.5, 0.6) is 0 Å². The topological polar surface area (TPSA) is 32.5 Å². The van der Waals surface area contributed by atoms with Gasteiger partial charge in [0.2, 0.25) is 0 Å². The van der Waals surface area contributed by atoms with E-state index in [2.05, 4.69) is 4.98 Å². The van der Waals surface area contributed by atoms with Crippen molar-refractivity contribution in [1.29, 1.82) is 0 Å². The third-order valence-electron chi connectivity index (χ3n) is 4.37. The molecule has 130 valence electrons. The van der Waals surface area contributed by atoms with Gasteiger partial charge in [-0.2, -0.15) is 18.2 Å². The molecular weight excluding hydrogens is 331 g/mol. The number of rotatable bonds is 2. The van der Waals surface area contributed by atoms with Crippen molar-refractivity contribution in [2.24, 2.45) is 0 Å². The van der Waals surface area contributed by atoms with E-state index < -0.39 is 11.7 Å². The second-order valence-electron chi connectivity index (χ2n) is 5.99. The number of oxazole rings is 1. The lowest BCUT2D eigenvalue weighted by Crippen LogP contribution is -2.46. The number of aromatic nitrogens is 1. The Labute approximate surface area is 142 Å². The van der Waals surface area contributed by atoms with Crippen LogP contribution in [0.25, 0.3) is 11.1 Å². The van der Waals surface area contributed by atoms with Gasteiger partial charge in [0, 0.05) is 31.9 Å². The summed E-state index contributed by atoms with van der Waals surface area (Å²) in [5.41, 5.74) is 1.51. The normalized spacial score (nSPS) is 15.8. The third kappa shape index (κ3) is 3.14. The average molecular weight is 347 g/mol. The Hall–Kier alpha value is -2.70. The highest BCUT2D eigenvalue weighted by atomic mass is 19.4. The summed E-state index contributed by atoms with van der Waals surface area (Å²) < 4.78 is 44.4. The van der Waals surface area contributed by atoms with Crippen molar-refractivity contribution in [2.75, 3.05) is 36.0 Å². The van der Waals surface area contributed by atoms with Gasteiger partial charge in [-0.3, -0.25) is 0 Å². The quantitative estimate of drug-likeness (QED) is 0.696. The van der Waals surface area contributed by atoms with E-state index in [4.69, 9.17) is 4.42 Å². The van der Waals surface area contributed by atoms with Crippen LogP contribution in [0.15, 0.2) is 52.9 Å². The highest BCUT2D eigenvalue weighted by Crippen LogP contribution is 2.32. The first-order valence-corrected chi connectivity index (χ1v) is 8.03. The Kier molecular flexibility index (Phi) is 3.78. The first-order valence-electron chi connectivity index (χ1n) is 8.03. The van der Waals surface area contributed by atoms with Crippen LogP contribution in [-0.2, 0) is 6.18 Å². The number of hydrogen-bond acceptors (Lipinski definition) is 4. The highest BCUT2D eigenvalue weighted by Gasteiger charge is 2.31. The molecule has 0 aliphatic carbocycles. The summed E-state index contributed by atoms with van der Waals surface area (Å²) >= 11 is 0. The Bertz CT molecular complexity index is 849. The zero-order valence-electron chi connectivity index (χ0n) is 13.3. The molecule has 2 aromatic carbocycles. The highest BCUT2D eigenvalue weighted by molar-refractivity contribution is 5.74. The number of hydrogen-bond donors (Lipinski definition) is 0. The molecular formula is C18H16F3N3O. The van der Waals surface area contributed by atoms with Crippen LogP contribution in [0.4, 0.5) is 24.9 Å². The lowest BCUT2D eigenvalue weighted by Gasteiger charge is -2.35. The number of fused-ring (bicyclic) bond motifs is 1. The van der Waals surface area contributed by atoms with Crippen molar-refractivity contribution in [2.45, 2.75) is 6.18 Å². The van der Waals surface area contributed by atoms with Crippen LogP contribution in [0.3, 0.4) is 0 Å². The first kappa shape index (κ1) is 15.8. The van der Waals surface area contributed by atoms with E-state index in [0.29, 0.717) is 37.9 Å². The van der Waals surface area contributed by atoms with Crippen LogP contribution in [0.2, 0.25) is 0 Å². The van der Waals surface area contributed by atoms with Gasteiger partial charge >= 0.3 is 6.18 Å². The van der Waals surface area contributed by atoms with E-state index in [9.17, 15) is 13.2 Å². The van der Waals surface area contributed by atoms with E-state index >= 15 is 0 Å². The average Bonchev–Trinajstić information content (AvgIpc) is 3.05. The standard InChI is InChI=1S/C18H16F3N3O/c19-18(20,21)13-4-3-5-14(12-13)23-8-10-24(11-9-23)17-22-15-6-1-2-7-16(15)25-17/h1-7,12H,8-11H2. The maximum atomic E-state index is 12.9. The maximum absolute atomic E-state index is 12.9. The van der Waals surface area contributed by atoms with Gasteiger partial charge in [0.1, 0.15) is 5.52 Å². The number of alkyl halides is 3. The summed E-state index contributed by atoms with van der Waals surface area (Å²) in [6, 6.07) is 13.6. The predicted molar refractivity (Wildman–Crippen MR) is 89.9 cm³/mol. The van der Waals surface area contributed by atoms with Crippen molar-refractivity contribution in [1.82, 2.24) is 4.98 Å². The Balaban J connectivity index is 1.48. The monoisotopic (exact) mass is 347 g/mol. The molecule has 0 radical (unpaired) electrons. The van der Waals surface area contributed by atoms with E-state index in [1.54, 1.807) is 6.07 Å². The number of benzene rings is 2. The Morgan fingerprint density at radius 2 is 1.60 bits per heavy atom. The van der Waals surface area contributed by atoms with Crippen molar-refractivity contribution in [3.63, 3.8) is 0 Å². The van der Waals surface area contributed by atoms with Crippen LogP contribution in [-0.4, -0.2) is 31.2 Å². The number of piperazine rings is 1. The van der Waals surface area contributed by atoms with Gasteiger partial charge in [-0.25, -0.2) is 0 Å². The first-order chi connectivity index (χ1) is 12.0. The summed E-state index contributed by atoms with van der Waals surface area (Å²) in [7, 11) is 0. The third-order valence-corrected chi connectivity index (χ3v) is 4.37. The lowest BCUT2D eigenvalue weighted by atomic mass is 10.1. The molecule has 2 heterocycles. The molecule has 25 heavy (non-hydrogen) atoms. The van der Waals surface area contributed by atoms with Gasteiger partial charge in [0.25, 0.3) is 6.01 Å². The second kappa shape index (κ2) is 5.98. The summed E-state index contributed by atoms with van der Waals surface area (Å²) in [5.74, 6) is 0. The SMILES string of the molecule is FC(F)(F)c1cccc(N2CCN(c3nc4ccccc4o3)CC2)c1. The van der Waals surface area contributed by atoms with Crippen LogP contribution < -0.4 is 9.80 Å². The minimum absolute atomic E-state index is 0.560. The molecule has 4 rings (SSSR count). The molecule has 0 unspecified atom stereocenters. The molecule has 1 fully saturated rings. The number of anilines is 2. The van der Waals surface area contributed by atoms with Crippen molar-refractivity contribution in [3.05, 3.63) is 54.1 Å². The molecule has 0 spiro atoms. The minimum atomic E-state index is -4.32. The summed E-state index contributed by atoms with van der Waals surface area (Å²) in [5, 5.41) is 0. The largest absolute Gasteiger partial charge is 0.423 e. The van der Waals surface area contributed by atoms with E-state index in [-0.39, 0.29) is 0 Å². The molecule has 0 bridgehead atoms. The second-order valence-corrected chi connectivity index (χ2v) is 5.99. The number of halogens is 3. The fourth-order valence-electron chi connectivity index (χ4n) is 3.03. The molecule has 0 amide bonds. The lowest BCUT2D eigenvalue weighted by molar-refractivity contribution is -0.137. The van der Waals surface area contributed by atoms with Gasteiger partial charge in [-0.1, -0.05) is 18.2 Å². The van der Waals surface area contributed by atoms with E-state index in [1.807, 2.05) is 34.1 Å². The van der Waals surface area contributed by atoms with Crippen molar-refractivity contribution < 1.29 is 17.6 Å². The van der Waals surface area contributed by atoms with Gasteiger partial charge in [0.05, 0.1) is 5.56 Å². The zero-order valence-corrected chi connectivity index (χ0v) is 13.3. The summed E-state index contributed by atoms with van der Waals surface area (Å²) in [4.78, 5) is 8.44. The molecule has 7 heteroatoms. The maximum Gasteiger partial charge on any atom is 0.416 e. The summed E-state index contributed by atoms with van der Waals surface area (Å²) in [6.07, 6.45) is -4.32. The Morgan fingerprint density at radius 1 is 0.880 bits per heavy atom. The van der Waals surface area contributed by atoms with Gasteiger partial charge < -0.3 is 14.2 Å². The smallest absolute Gasteiger partial charge is 0.416 e. The van der Waals surface area contributed by atoms with Gasteiger partial charge in [-0.15, -0.1) is 0 Å². The van der Waals surface area contributed by atoms with Crippen molar-refractivity contribution in [3.8, 4) is 0 Å². The molecule has 0 saturated carbocycles. The molecule has 4 nitrogen and oxygen atoms in total. The number of para-hydroxylation sites is 2. The van der Waals surface area contributed by atoms with Crippen LogP contribution >= 0.6 is 0 Å². The minimum Gasteiger partial charge on any atom is -0.423 e. The fraction of sp³-hybridized carbons (Fsp3) is 0.278. The van der Waals surface area contributed by atoms with Crippen molar-refractivity contribution >= 4 is 22.8 Å². The molecule has 1 aliphatic heterocycles. The van der Waals surface area contributed by atoms with Crippen LogP contribution in [0, 0.1) is 0 Å².